The Morgan fingerprint density at radius 2 is 2.05 bits per heavy atom. The third-order valence-electron chi connectivity index (χ3n) is 7.92. The summed E-state index contributed by atoms with van der Waals surface area (Å²) < 4.78 is 5.72. The Labute approximate surface area is 234 Å². The van der Waals surface area contributed by atoms with Gasteiger partial charge in [0.2, 0.25) is 5.95 Å². The van der Waals surface area contributed by atoms with E-state index in [4.69, 9.17) is 21.3 Å². The van der Waals surface area contributed by atoms with Crippen LogP contribution in [0.5, 0.6) is 5.75 Å². The van der Waals surface area contributed by atoms with Crippen LogP contribution in [0, 0.1) is 11.3 Å². The molecule has 5 rings (SSSR count). The number of hydrogen-bond donors (Lipinski definition) is 3. The van der Waals surface area contributed by atoms with Crippen molar-refractivity contribution < 1.29 is 9.84 Å². The molecule has 1 aromatic heterocycles. The lowest BCUT2D eigenvalue weighted by molar-refractivity contribution is 0.219. The molecule has 0 saturated carbocycles. The summed E-state index contributed by atoms with van der Waals surface area (Å²) in [6.45, 7) is 4.38. The van der Waals surface area contributed by atoms with Gasteiger partial charge in [0.1, 0.15) is 11.8 Å². The summed E-state index contributed by atoms with van der Waals surface area (Å²) in [5.41, 5.74) is 4.78. The van der Waals surface area contributed by atoms with Crippen molar-refractivity contribution in [1.82, 2.24) is 14.9 Å². The van der Waals surface area contributed by atoms with Crippen molar-refractivity contribution in [3.8, 4) is 23.1 Å². The van der Waals surface area contributed by atoms with E-state index in [1.54, 1.807) is 19.4 Å². The summed E-state index contributed by atoms with van der Waals surface area (Å²) in [7, 11) is 5.89. The molecule has 0 aliphatic carbocycles. The highest BCUT2D eigenvalue weighted by Crippen LogP contribution is 2.42. The Morgan fingerprint density at radius 3 is 2.72 bits per heavy atom. The van der Waals surface area contributed by atoms with Crippen LogP contribution in [-0.2, 0) is 5.41 Å². The second-order valence-corrected chi connectivity index (χ2v) is 11.1. The summed E-state index contributed by atoms with van der Waals surface area (Å²) in [4.78, 5) is 13.7. The number of nitrogens with zero attached hydrogens (tertiary/aromatic N) is 5. The molecule has 39 heavy (non-hydrogen) atoms. The maximum Gasteiger partial charge on any atom is 0.227 e. The first kappa shape index (κ1) is 27.0. The van der Waals surface area contributed by atoms with E-state index in [1.807, 2.05) is 31.2 Å². The van der Waals surface area contributed by atoms with Crippen LogP contribution < -0.4 is 20.3 Å². The van der Waals surface area contributed by atoms with Crippen LogP contribution in [0.2, 0.25) is 5.02 Å². The fourth-order valence-corrected chi connectivity index (χ4v) is 5.72. The van der Waals surface area contributed by atoms with Gasteiger partial charge >= 0.3 is 0 Å². The largest absolute Gasteiger partial charge is 0.494 e. The lowest BCUT2D eigenvalue weighted by Crippen LogP contribution is -2.42. The van der Waals surface area contributed by atoms with Crippen molar-refractivity contribution in [3.05, 3.63) is 52.7 Å². The van der Waals surface area contributed by atoms with Crippen molar-refractivity contribution in [1.29, 1.82) is 5.26 Å². The smallest absolute Gasteiger partial charge is 0.227 e. The van der Waals surface area contributed by atoms with Gasteiger partial charge in [0.05, 0.1) is 47.1 Å². The van der Waals surface area contributed by atoms with Crippen LogP contribution in [0.3, 0.4) is 0 Å². The highest BCUT2D eigenvalue weighted by molar-refractivity contribution is 6.33. The lowest BCUT2D eigenvalue weighted by Gasteiger charge is -2.37. The molecule has 0 amide bonds. The monoisotopic (exact) mass is 547 g/mol. The van der Waals surface area contributed by atoms with Crippen LogP contribution >= 0.6 is 11.6 Å². The summed E-state index contributed by atoms with van der Waals surface area (Å²) in [5.74, 6) is 1.02. The fraction of sp³-hybridized carbons (Fsp3) is 0.414. The van der Waals surface area contributed by atoms with E-state index in [2.05, 4.69) is 45.6 Å². The molecular formula is C29H34ClN7O2. The number of fused-ring (bicyclic) bond motifs is 1. The molecule has 9 nitrogen and oxygen atoms in total. The summed E-state index contributed by atoms with van der Waals surface area (Å²) in [5, 5.41) is 27.0. The van der Waals surface area contributed by atoms with Gasteiger partial charge in [-0.3, -0.25) is 0 Å². The van der Waals surface area contributed by atoms with Crippen molar-refractivity contribution in [3.63, 3.8) is 0 Å². The molecular weight excluding hydrogens is 514 g/mol. The Morgan fingerprint density at radius 1 is 1.28 bits per heavy atom. The zero-order chi connectivity index (χ0) is 27.7. The number of aliphatic hydroxyl groups excluding tert-OH is 1. The molecule has 1 unspecified atom stereocenters. The van der Waals surface area contributed by atoms with E-state index in [0.29, 0.717) is 46.3 Å². The molecule has 3 aromatic rings. The van der Waals surface area contributed by atoms with E-state index in [-0.39, 0.29) is 6.61 Å². The van der Waals surface area contributed by atoms with Crippen LogP contribution in [-0.4, -0.2) is 73.5 Å². The molecule has 0 spiro atoms. The van der Waals surface area contributed by atoms with Crippen LogP contribution in [0.25, 0.3) is 11.3 Å². The van der Waals surface area contributed by atoms with Gasteiger partial charge in [-0.15, -0.1) is 0 Å². The molecule has 3 N–H and O–H groups in total. The van der Waals surface area contributed by atoms with Gasteiger partial charge in [0.25, 0.3) is 0 Å². The average Bonchev–Trinajstić information content (AvgIpc) is 3.30. The Hall–Kier alpha value is -3.58. The first-order valence-electron chi connectivity index (χ1n) is 13.1. The maximum absolute atomic E-state index is 10.0. The minimum atomic E-state index is -0.474. The standard InChI is InChI=1S/C29H34ClN7O2/c1-29(17-38)16-33-27-19(15-31)11-18(12-21(27)29)23-5-8-32-28(34-23)35-24-13-22(30)25(14-26(24)39-4)37-9-6-20(7-10-37)36(2)3/h5,8,11-14,20,33,38H,6-7,9-10,16-17H2,1-4H3,(H,32,34,35). The number of aromatic nitrogens is 2. The Balaban J connectivity index is 1.42. The number of ether oxygens (including phenoxy) is 1. The molecule has 3 heterocycles. The summed E-state index contributed by atoms with van der Waals surface area (Å²) in [6.07, 6.45) is 3.83. The molecule has 1 atom stereocenters. The SMILES string of the molecule is COc1cc(N2CCC(N(C)C)CC2)c(Cl)cc1Nc1nccc(-c2cc(C#N)c3c(c2)C(C)(CO)CN3)n1. The van der Waals surface area contributed by atoms with Gasteiger partial charge in [-0.2, -0.15) is 5.26 Å². The molecule has 1 fully saturated rings. The first-order valence-corrected chi connectivity index (χ1v) is 13.5. The number of anilines is 4. The minimum Gasteiger partial charge on any atom is -0.494 e. The predicted molar refractivity (Wildman–Crippen MR) is 155 cm³/mol. The Bertz CT molecular complexity index is 1420. The van der Waals surface area contributed by atoms with E-state index < -0.39 is 5.41 Å². The number of hydrogen-bond acceptors (Lipinski definition) is 9. The van der Waals surface area contributed by atoms with E-state index in [0.717, 1.165) is 48.4 Å². The van der Waals surface area contributed by atoms with Crippen LogP contribution in [0.4, 0.5) is 23.0 Å². The van der Waals surface area contributed by atoms with Gasteiger partial charge in [-0.05, 0) is 56.8 Å². The quantitative estimate of drug-likeness (QED) is 0.390. The second kappa shape index (κ2) is 10.9. The van der Waals surface area contributed by atoms with Crippen molar-refractivity contribution in [2.75, 3.05) is 63.0 Å². The van der Waals surface area contributed by atoms with E-state index >= 15 is 0 Å². The van der Waals surface area contributed by atoms with Crippen LogP contribution in [0.15, 0.2) is 36.5 Å². The van der Waals surface area contributed by atoms with Gasteiger partial charge in [-0.25, -0.2) is 9.97 Å². The fourth-order valence-electron chi connectivity index (χ4n) is 5.44. The van der Waals surface area contributed by atoms with Gasteiger partial charge in [0, 0.05) is 48.9 Å². The number of nitriles is 1. The highest BCUT2D eigenvalue weighted by Gasteiger charge is 2.36. The highest BCUT2D eigenvalue weighted by atomic mass is 35.5. The molecule has 1 saturated heterocycles. The number of halogens is 1. The number of nitrogens with one attached hydrogen (secondary N) is 2. The Kier molecular flexibility index (Phi) is 7.54. The van der Waals surface area contributed by atoms with Gasteiger partial charge in [0.15, 0.2) is 0 Å². The number of aliphatic hydroxyl groups is 1. The third kappa shape index (κ3) is 5.20. The van der Waals surface area contributed by atoms with Gasteiger partial charge < -0.3 is 30.3 Å². The van der Waals surface area contributed by atoms with Crippen molar-refractivity contribution >= 4 is 34.6 Å². The first-order chi connectivity index (χ1) is 18.8. The second-order valence-electron chi connectivity index (χ2n) is 10.7. The van der Waals surface area contributed by atoms with E-state index in [9.17, 15) is 10.4 Å². The molecule has 0 bridgehead atoms. The van der Waals surface area contributed by atoms with Gasteiger partial charge in [-0.1, -0.05) is 18.5 Å². The summed E-state index contributed by atoms with van der Waals surface area (Å²) in [6, 6.07) is 12.3. The molecule has 2 aliphatic heterocycles. The minimum absolute atomic E-state index is 0.0257. The van der Waals surface area contributed by atoms with Crippen molar-refractivity contribution in [2.24, 2.45) is 0 Å². The zero-order valence-electron chi connectivity index (χ0n) is 22.8. The lowest BCUT2D eigenvalue weighted by atomic mass is 9.83. The van der Waals surface area contributed by atoms with Crippen LogP contribution in [0.1, 0.15) is 30.9 Å². The van der Waals surface area contributed by atoms with E-state index in [1.165, 1.54) is 0 Å². The zero-order valence-corrected chi connectivity index (χ0v) is 23.5. The number of rotatable bonds is 7. The topological polar surface area (TPSA) is 110 Å². The number of methoxy groups -OCH3 is 1. The maximum atomic E-state index is 10.0. The van der Waals surface area contributed by atoms with Crippen molar-refractivity contribution in [2.45, 2.75) is 31.2 Å². The molecule has 2 aliphatic rings. The normalized spacial score (nSPS) is 19.0. The predicted octanol–water partition coefficient (Wildman–Crippen LogP) is 4.63. The number of benzene rings is 2. The number of piperidine rings is 1. The third-order valence-corrected chi connectivity index (χ3v) is 8.22. The average molecular weight is 548 g/mol. The molecule has 0 radical (unpaired) electrons. The molecule has 204 valence electrons. The molecule has 10 heteroatoms. The summed E-state index contributed by atoms with van der Waals surface area (Å²) >= 11 is 6.77. The molecule has 2 aromatic carbocycles.